The van der Waals surface area contributed by atoms with E-state index in [4.69, 9.17) is 5.11 Å². The Morgan fingerprint density at radius 1 is 1.44 bits per heavy atom. The maximum Gasteiger partial charge on any atom is 0.335 e. The minimum Gasteiger partial charge on any atom is -0.478 e. The van der Waals surface area contributed by atoms with Gasteiger partial charge in [-0.05, 0) is 25.4 Å². The average Bonchev–Trinajstić information content (AvgIpc) is 2.30. The second-order valence-corrected chi connectivity index (χ2v) is 4.19. The number of dihydropyridines is 1. The van der Waals surface area contributed by atoms with Crippen LogP contribution in [0.25, 0.3) is 0 Å². The molecule has 5 nitrogen and oxygen atoms in total. The fraction of sp³-hybridized carbons (Fsp3) is 0.545. The number of likely N-dealkylation sites (N-methyl/N-ethyl adjacent to an activating group) is 1. The molecule has 1 fully saturated rings. The first-order chi connectivity index (χ1) is 7.68. The van der Waals surface area contributed by atoms with Crippen molar-refractivity contribution in [3.63, 3.8) is 0 Å². The highest BCUT2D eigenvalue weighted by Crippen LogP contribution is 2.14. The summed E-state index contributed by atoms with van der Waals surface area (Å²) in [5, 5.41) is 12.2. The molecular formula is C11H17N3O2. The second kappa shape index (κ2) is 4.67. The highest BCUT2D eigenvalue weighted by Gasteiger charge is 2.28. The van der Waals surface area contributed by atoms with Crippen molar-refractivity contribution in [3.8, 4) is 0 Å². The lowest BCUT2D eigenvalue weighted by molar-refractivity contribution is -0.133. The summed E-state index contributed by atoms with van der Waals surface area (Å²) in [6, 6.07) is 0. The first kappa shape index (κ1) is 11.2. The van der Waals surface area contributed by atoms with E-state index in [2.05, 4.69) is 22.2 Å². The predicted molar refractivity (Wildman–Crippen MR) is 60.9 cm³/mol. The lowest BCUT2D eigenvalue weighted by Crippen LogP contribution is -2.55. The van der Waals surface area contributed by atoms with E-state index in [1.54, 1.807) is 18.4 Å². The number of allylic oxidation sites excluding steroid dienone is 2. The van der Waals surface area contributed by atoms with Crippen LogP contribution in [-0.2, 0) is 4.79 Å². The topological polar surface area (TPSA) is 55.8 Å². The third-order valence-corrected chi connectivity index (χ3v) is 3.07. The van der Waals surface area contributed by atoms with E-state index in [1.165, 1.54) is 0 Å². The van der Waals surface area contributed by atoms with Crippen LogP contribution in [0.5, 0.6) is 0 Å². The zero-order chi connectivity index (χ0) is 11.5. The molecule has 0 aromatic carbocycles. The number of aliphatic carboxylic acids is 1. The Labute approximate surface area is 95.0 Å². The van der Waals surface area contributed by atoms with Gasteiger partial charge in [0.1, 0.15) is 6.17 Å². The van der Waals surface area contributed by atoms with Crippen molar-refractivity contribution in [2.24, 2.45) is 0 Å². The van der Waals surface area contributed by atoms with E-state index in [9.17, 15) is 4.79 Å². The fourth-order valence-corrected chi connectivity index (χ4v) is 2.05. The molecule has 2 heterocycles. The van der Waals surface area contributed by atoms with E-state index in [1.807, 2.05) is 0 Å². The molecule has 1 saturated heterocycles. The monoisotopic (exact) mass is 223 g/mol. The molecule has 5 heteroatoms. The van der Waals surface area contributed by atoms with Crippen LogP contribution in [0.2, 0.25) is 0 Å². The summed E-state index contributed by atoms with van der Waals surface area (Å²) in [6.07, 6.45) is 5.02. The molecule has 2 aliphatic rings. The van der Waals surface area contributed by atoms with E-state index in [0.29, 0.717) is 5.57 Å². The van der Waals surface area contributed by atoms with E-state index in [0.717, 1.165) is 26.2 Å². The number of rotatable bonds is 2. The minimum atomic E-state index is -0.847. The van der Waals surface area contributed by atoms with E-state index >= 15 is 0 Å². The summed E-state index contributed by atoms with van der Waals surface area (Å²) >= 11 is 0. The number of carboxylic acids is 1. The molecule has 0 amide bonds. The van der Waals surface area contributed by atoms with Crippen LogP contribution >= 0.6 is 0 Å². The van der Waals surface area contributed by atoms with E-state index in [-0.39, 0.29) is 6.17 Å². The van der Waals surface area contributed by atoms with Crippen LogP contribution in [0.15, 0.2) is 23.9 Å². The third kappa shape index (κ3) is 2.25. The number of nitrogens with one attached hydrogen (secondary N) is 1. The van der Waals surface area contributed by atoms with Crippen LogP contribution < -0.4 is 5.32 Å². The van der Waals surface area contributed by atoms with Crippen LogP contribution in [0.1, 0.15) is 0 Å². The van der Waals surface area contributed by atoms with Gasteiger partial charge in [0.05, 0.1) is 5.57 Å². The Morgan fingerprint density at radius 3 is 2.75 bits per heavy atom. The van der Waals surface area contributed by atoms with Crippen molar-refractivity contribution in [3.05, 3.63) is 23.9 Å². The van der Waals surface area contributed by atoms with Gasteiger partial charge in [0.2, 0.25) is 0 Å². The van der Waals surface area contributed by atoms with Crippen molar-refractivity contribution in [1.82, 2.24) is 15.1 Å². The molecule has 2 aliphatic heterocycles. The van der Waals surface area contributed by atoms with Gasteiger partial charge in [-0.25, -0.2) is 4.79 Å². The van der Waals surface area contributed by atoms with Gasteiger partial charge < -0.3 is 15.3 Å². The van der Waals surface area contributed by atoms with Gasteiger partial charge in [0.15, 0.2) is 0 Å². The molecule has 0 spiro atoms. The second-order valence-electron chi connectivity index (χ2n) is 4.19. The summed E-state index contributed by atoms with van der Waals surface area (Å²) in [7, 11) is 2.08. The molecule has 0 aliphatic carbocycles. The van der Waals surface area contributed by atoms with E-state index < -0.39 is 5.97 Å². The zero-order valence-corrected chi connectivity index (χ0v) is 9.39. The maximum absolute atomic E-state index is 11.1. The smallest absolute Gasteiger partial charge is 0.335 e. The summed E-state index contributed by atoms with van der Waals surface area (Å²) in [5.74, 6) is -0.847. The first-order valence-electron chi connectivity index (χ1n) is 5.47. The highest BCUT2D eigenvalue weighted by molar-refractivity contribution is 5.88. The standard InChI is InChI=1S/C11H17N3O2/c1-13-5-7-14(8-6-13)10-9(11(15)16)3-2-4-12-10/h2-4,10,12H,5-8H2,1H3,(H,15,16). The molecule has 1 unspecified atom stereocenters. The van der Waals surface area contributed by atoms with Gasteiger partial charge in [-0.2, -0.15) is 0 Å². The quantitative estimate of drug-likeness (QED) is 0.672. The Kier molecular flexibility index (Phi) is 3.26. The Balaban J connectivity index is 2.06. The van der Waals surface area contributed by atoms with Gasteiger partial charge in [0, 0.05) is 26.2 Å². The van der Waals surface area contributed by atoms with Crippen LogP contribution in [0, 0.1) is 0 Å². The third-order valence-electron chi connectivity index (χ3n) is 3.07. The SMILES string of the molecule is CN1CCN(C2NC=CC=C2C(=O)O)CC1. The zero-order valence-electron chi connectivity index (χ0n) is 9.39. The highest BCUT2D eigenvalue weighted by atomic mass is 16.4. The molecule has 1 atom stereocenters. The van der Waals surface area contributed by atoms with Gasteiger partial charge in [-0.3, -0.25) is 4.90 Å². The minimum absolute atomic E-state index is 0.184. The van der Waals surface area contributed by atoms with Crippen molar-refractivity contribution in [2.45, 2.75) is 6.17 Å². The molecule has 16 heavy (non-hydrogen) atoms. The number of hydrogen-bond acceptors (Lipinski definition) is 4. The largest absolute Gasteiger partial charge is 0.478 e. The fourth-order valence-electron chi connectivity index (χ4n) is 2.05. The molecule has 0 bridgehead atoms. The number of carbonyl (C=O) groups is 1. The number of piperazine rings is 1. The number of hydrogen-bond donors (Lipinski definition) is 2. The summed E-state index contributed by atoms with van der Waals surface area (Å²) in [6.45, 7) is 3.75. The molecule has 0 saturated carbocycles. The van der Waals surface area contributed by atoms with Crippen molar-refractivity contribution < 1.29 is 9.90 Å². The Hall–Kier alpha value is -1.33. The molecule has 0 aromatic rings. The predicted octanol–water partition coefficient (Wildman–Crippen LogP) is -0.312. The van der Waals surface area contributed by atoms with Crippen molar-refractivity contribution in [2.75, 3.05) is 33.2 Å². The Morgan fingerprint density at radius 2 is 2.12 bits per heavy atom. The van der Waals surface area contributed by atoms with Crippen molar-refractivity contribution >= 4 is 5.97 Å². The normalized spacial score (nSPS) is 27.3. The summed E-state index contributed by atoms with van der Waals surface area (Å²) in [4.78, 5) is 15.5. The average molecular weight is 223 g/mol. The van der Waals surface area contributed by atoms with Gasteiger partial charge >= 0.3 is 5.97 Å². The lowest BCUT2D eigenvalue weighted by Gasteiger charge is -2.38. The molecule has 0 radical (unpaired) electrons. The van der Waals surface area contributed by atoms with Crippen LogP contribution in [0.4, 0.5) is 0 Å². The van der Waals surface area contributed by atoms with Crippen LogP contribution in [-0.4, -0.2) is 60.3 Å². The molecule has 88 valence electrons. The molecule has 0 aromatic heterocycles. The van der Waals surface area contributed by atoms with Crippen LogP contribution in [0.3, 0.4) is 0 Å². The number of carboxylic acid groups (broad SMARTS) is 1. The maximum atomic E-state index is 11.1. The lowest BCUT2D eigenvalue weighted by atomic mass is 10.1. The summed E-state index contributed by atoms with van der Waals surface area (Å²) in [5.41, 5.74) is 0.423. The molecule has 2 rings (SSSR count). The van der Waals surface area contributed by atoms with Gasteiger partial charge in [-0.1, -0.05) is 0 Å². The molecular weight excluding hydrogens is 206 g/mol. The summed E-state index contributed by atoms with van der Waals surface area (Å²) < 4.78 is 0. The first-order valence-corrected chi connectivity index (χ1v) is 5.47. The van der Waals surface area contributed by atoms with Gasteiger partial charge in [-0.15, -0.1) is 0 Å². The van der Waals surface area contributed by atoms with Gasteiger partial charge in [0.25, 0.3) is 0 Å². The number of nitrogens with zero attached hydrogens (tertiary/aromatic N) is 2. The Bertz CT molecular complexity index is 330. The molecule has 2 N–H and O–H groups in total. The van der Waals surface area contributed by atoms with Crippen molar-refractivity contribution in [1.29, 1.82) is 0 Å².